The van der Waals surface area contributed by atoms with E-state index in [4.69, 9.17) is 0 Å². The maximum Gasteiger partial charge on any atom is 0.573 e. The van der Waals surface area contributed by atoms with Crippen LogP contribution in [0, 0.1) is 13.8 Å². The molecule has 1 aromatic carbocycles. The van der Waals surface area contributed by atoms with Gasteiger partial charge in [-0.2, -0.15) is 5.10 Å². The summed E-state index contributed by atoms with van der Waals surface area (Å²) in [5.41, 5.74) is 2.24. The lowest BCUT2D eigenvalue weighted by Crippen LogP contribution is -2.17. The number of amides is 1. The number of nitrogens with one attached hydrogen (secondary N) is 1. The number of anilines is 1. The van der Waals surface area contributed by atoms with Gasteiger partial charge < -0.3 is 10.1 Å². The molecule has 8 heteroatoms. The highest BCUT2D eigenvalue weighted by molar-refractivity contribution is 5.90. The molecule has 0 saturated heterocycles. The van der Waals surface area contributed by atoms with E-state index in [2.05, 4.69) is 15.2 Å². The fourth-order valence-electron chi connectivity index (χ4n) is 2.07. The first kappa shape index (κ1) is 16.9. The zero-order chi connectivity index (χ0) is 17.0. The van der Waals surface area contributed by atoms with E-state index >= 15 is 0 Å². The summed E-state index contributed by atoms with van der Waals surface area (Å²) in [5.74, 6) is -0.583. The third-order valence-electron chi connectivity index (χ3n) is 3.03. The van der Waals surface area contributed by atoms with Gasteiger partial charge in [0.05, 0.1) is 5.69 Å². The van der Waals surface area contributed by atoms with Crippen molar-refractivity contribution < 1.29 is 22.7 Å². The van der Waals surface area contributed by atoms with Gasteiger partial charge in [0, 0.05) is 24.3 Å². The third kappa shape index (κ3) is 5.32. The van der Waals surface area contributed by atoms with Crippen LogP contribution < -0.4 is 10.1 Å². The zero-order valence-corrected chi connectivity index (χ0v) is 12.6. The van der Waals surface area contributed by atoms with Gasteiger partial charge in [-0.15, -0.1) is 13.2 Å². The van der Waals surface area contributed by atoms with Crippen molar-refractivity contribution in [3.8, 4) is 5.75 Å². The van der Waals surface area contributed by atoms with Crippen molar-refractivity contribution in [2.24, 2.45) is 0 Å². The van der Waals surface area contributed by atoms with Gasteiger partial charge in [0.2, 0.25) is 5.91 Å². The predicted octanol–water partition coefficient (Wildman–Crippen LogP) is 3.43. The Labute approximate surface area is 131 Å². The number of carbonyl (C=O) groups excluding carboxylic acids is 1. The molecule has 0 aliphatic rings. The summed E-state index contributed by atoms with van der Waals surface area (Å²) in [6.07, 6.45) is -4.52. The fraction of sp³-hybridized carbons (Fsp3) is 0.333. The molecule has 5 nitrogen and oxygen atoms in total. The second-order valence-electron chi connectivity index (χ2n) is 5.02. The smallest absolute Gasteiger partial charge is 0.406 e. The lowest BCUT2D eigenvalue weighted by molar-refractivity contribution is -0.274. The Hall–Kier alpha value is -2.51. The van der Waals surface area contributed by atoms with E-state index in [1.807, 2.05) is 19.9 Å². The lowest BCUT2D eigenvalue weighted by Gasteiger charge is -2.10. The summed E-state index contributed by atoms with van der Waals surface area (Å²) in [4.78, 5) is 11.9. The van der Waals surface area contributed by atoms with E-state index in [-0.39, 0.29) is 18.1 Å². The predicted molar refractivity (Wildman–Crippen MR) is 78.1 cm³/mol. The first-order valence-electron chi connectivity index (χ1n) is 6.90. The van der Waals surface area contributed by atoms with Crippen LogP contribution in [0.4, 0.5) is 18.9 Å². The molecule has 2 aromatic rings. The molecule has 23 heavy (non-hydrogen) atoms. The summed E-state index contributed by atoms with van der Waals surface area (Å²) in [5, 5.41) is 6.86. The van der Waals surface area contributed by atoms with Gasteiger partial charge in [-0.05, 0) is 44.2 Å². The number of aryl methyl sites for hydroxylation is 3. The van der Waals surface area contributed by atoms with E-state index in [9.17, 15) is 18.0 Å². The lowest BCUT2D eigenvalue weighted by atomic mass is 10.3. The van der Waals surface area contributed by atoms with Crippen LogP contribution in [0.3, 0.4) is 0 Å². The van der Waals surface area contributed by atoms with Gasteiger partial charge in [-0.3, -0.25) is 9.48 Å². The van der Waals surface area contributed by atoms with E-state index in [1.165, 1.54) is 12.1 Å². The minimum Gasteiger partial charge on any atom is -0.406 e. The standard InChI is InChI=1S/C15H16F3N3O2/c1-10-9-11(2)21(20-10)8-7-14(22)19-12-3-5-13(6-4-12)23-15(16,17)18/h3-6,9H,7-8H2,1-2H3,(H,19,22). The summed E-state index contributed by atoms with van der Waals surface area (Å²) < 4.78 is 41.6. The summed E-state index contributed by atoms with van der Waals surface area (Å²) in [6, 6.07) is 6.90. The molecule has 0 aliphatic heterocycles. The summed E-state index contributed by atoms with van der Waals surface area (Å²) in [7, 11) is 0. The zero-order valence-electron chi connectivity index (χ0n) is 12.6. The van der Waals surface area contributed by atoms with Crippen LogP contribution in [0.15, 0.2) is 30.3 Å². The summed E-state index contributed by atoms with van der Waals surface area (Å²) >= 11 is 0. The topological polar surface area (TPSA) is 56.2 Å². The van der Waals surface area contributed by atoms with Crippen molar-refractivity contribution in [2.45, 2.75) is 33.2 Å². The Kier molecular flexibility index (Phi) is 4.92. The number of hydrogen-bond donors (Lipinski definition) is 1. The number of benzene rings is 1. The minimum absolute atomic E-state index is 0.211. The molecule has 0 unspecified atom stereocenters. The molecular weight excluding hydrogens is 311 g/mol. The van der Waals surface area contributed by atoms with Crippen LogP contribution in [0.1, 0.15) is 17.8 Å². The highest BCUT2D eigenvalue weighted by atomic mass is 19.4. The molecule has 1 heterocycles. The Morgan fingerprint density at radius 2 is 1.91 bits per heavy atom. The average molecular weight is 327 g/mol. The van der Waals surface area contributed by atoms with Crippen LogP contribution in [0.2, 0.25) is 0 Å². The van der Waals surface area contributed by atoms with Crippen LogP contribution in [-0.4, -0.2) is 22.1 Å². The number of halogens is 3. The maximum atomic E-state index is 12.0. The van der Waals surface area contributed by atoms with Gasteiger partial charge in [-0.1, -0.05) is 0 Å². The second-order valence-corrected chi connectivity index (χ2v) is 5.02. The van der Waals surface area contributed by atoms with Gasteiger partial charge in [0.15, 0.2) is 0 Å². The van der Waals surface area contributed by atoms with Gasteiger partial charge in [0.1, 0.15) is 5.75 Å². The highest BCUT2D eigenvalue weighted by Gasteiger charge is 2.30. The molecule has 0 spiro atoms. The Morgan fingerprint density at radius 3 is 2.43 bits per heavy atom. The Balaban J connectivity index is 1.86. The molecule has 0 radical (unpaired) electrons. The minimum atomic E-state index is -4.73. The van der Waals surface area contributed by atoms with Gasteiger partial charge in [0.25, 0.3) is 0 Å². The first-order chi connectivity index (χ1) is 10.7. The van der Waals surface area contributed by atoms with E-state index in [1.54, 1.807) is 4.68 Å². The van der Waals surface area contributed by atoms with Crippen molar-refractivity contribution >= 4 is 11.6 Å². The van der Waals surface area contributed by atoms with Crippen molar-refractivity contribution in [2.75, 3.05) is 5.32 Å². The third-order valence-corrected chi connectivity index (χ3v) is 3.03. The maximum absolute atomic E-state index is 12.0. The van der Waals surface area contributed by atoms with Crippen LogP contribution in [-0.2, 0) is 11.3 Å². The monoisotopic (exact) mass is 327 g/mol. The molecule has 0 saturated carbocycles. The van der Waals surface area contributed by atoms with E-state index < -0.39 is 6.36 Å². The first-order valence-corrected chi connectivity index (χ1v) is 6.90. The number of aromatic nitrogens is 2. The van der Waals surface area contributed by atoms with Gasteiger partial charge in [-0.25, -0.2) is 0 Å². The molecular formula is C15H16F3N3O2. The number of carbonyl (C=O) groups is 1. The number of ether oxygens (including phenoxy) is 1. The van der Waals surface area contributed by atoms with Crippen LogP contribution in [0.25, 0.3) is 0 Å². The highest BCUT2D eigenvalue weighted by Crippen LogP contribution is 2.23. The molecule has 124 valence electrons. The van der Waals surface area contributed by atoms with Crippen molar-refractivity contribution in [1.29, 1.82) is 0 Å². The number of rotatable bonds is 5. The number of alkyl halides is 3. The molecule has 0 fully saturated rings. The molecule has 0 atom stereocenters. The largest absolute Gasteiger partial charge is 0.573 e. The van der Waals surface area contributed by atoms with E-state index in [0.717, 1.165) is 23.5 Å². The molecule has 1 aromatic heterocycles. The molecule has 1 amide bonds. The second kappa shape index (κ2) is 6.72. The van der Waals surface area contributed by atoms with Crippen molar-refractivity contribution in [3.05, 3.63) is 41.7 Å². The fourth-order valence-corrected chi connectivity index (χ4v) is 2.07. The Bertz CT molecular complexity index is 678. The van der Waals surface area contributed by atoms with Crippen molar-refractivity contribution in [3.63, 3.8) is 0 Å². The summed E-state index contributed by atoms with van der Waals surface area (Å²) in [6.45, 7) is 4.20. The van der Waals surface area contributed by atoms with Gasteiger partial charge >= 0.3 is 6.36 Å². The SMILES string of the molecule is Cc1cc(C)n(CCC(=O)Nc2ccc(OC(F)(F)F)cc2)n1. The van der Waals surface area contributed by atoms with E-state index in [0.29, 0.717) is 12.2 Å². The normalized spacial score (nSPS) is 11.3. The quantitative estimate of drug-likeness (QED) is 0.915. The number of nitrogens with zero attached hydrogens (tertiary/aromatic N) is 2. The molecule has 2 rings (SSSR count). The molecule has 1 N–H and O–H groups in total. The average Bonchev–Trinajstić information content (AvgIpc) is 2.75. The molecule has 0 bridgehead atoms. The Morgan fingerprint density at radius 1 is 1.26 bits per heavy atom. The van der Waals surface area contributed by atoms with Crippen molar-refractivity contribution in [1.82, 2.24) is 9.78 Å². The van der Waals surface area contributed by atoms with Crippen LogP contribution in [0.5, 0.6) is 5.75 Å². The van der Waals surface area contributed by atoms with Crippen LogP contribution >= 0.6 is 0 Å². The molecule has 0 aliphatic carbocycles. The number of hydrogen-bond acceptors (Lipinski definition) is 3.